The standard InChI is InChI=1S/C8H21N5O/c9-12(10)5-7-2-1-3-8(4-7)6-13(11)14/h7-8,14H,1-6,9-11H2. The van der Waals surface area contributed by atoms with Gasteiger partial charge in [0.2, 0.25) is 0 Å². The van der Waals surface area contributed by atoms with E-state index in [1.807, 2.05) is 0 Å². The van der Waals surface area contributed by atoms with Crippen LogP contribution < -0.4 is 17.5 Å². The first kappa shape index (κ1) is 11.8. The Balaban J connectivity index is 2.28. The zero-order chi connectivity index (χ0) is 10.6. The van der Waals surface area contributed by atoms with Gasteiger partial charge in [-0.05, 0) is 31.1 Å². The summed E-state index contributed by atoms with van der Waals surface area (Å²) in [7, 11) is 0. The third-order valence-corrected chi connectivity index (χ3v) is 2.81. The molecule has 6 heteroatoms. The summed E-state index contributed by atoms with van der Waals surface area (Å²) in [4.78, 5) is 0. The van der Waals surface area contributed by atoms with Gasteiger partial charge in [-0.2, -0.15) is 5.12 Å². The summed E-state index contributed by atoms with van der Waals surface area (Å²) in [5.41, 5.74) is 0. The molecule has 0 aromatic heterocycles. The molecule has 1 rings (SSSR count). The van der Waals surface area contributed by atoms with Crippen LogP contribution in [-0.4, -0.2) is 28.6 Å². The van der Waals surface area contributed by atoms with E-state index >= 15 is 0 Å². The van der Waals surface area contributed by atoms with Gasteiger partial charge in [0, 0.05) is 13.1 Å². The summed E-state index contributed by atoms with van der Waals surface area (Å²) in [6.45, 7) is 1.25. The molecule has 2 atom stereocenters. The predicted octanol–water partition coefficient (Wildman–Crippen LogP) is -0.593. The van der Waals surface area contributed by atoms with E-state index in [1.54, 1.807) is 0 Å². The van der Waals surface area contributed by atoms with E-state index in [2.05, 4.69) is 0 Å². The number of rotatable bonds is 4. The Morgan fingerprint density at radius 1 is 1.07 bits per heavy atom. The van der Waals surface area contributed by atoms with Crippen LogP contribution in [0.15, 0.2) is 0 Å². The van der Waals surface area contributed by atoms with Gasteiger partial charge in [0.15, 0.2) is 0 Å². The summed E-state index contributed by atoms with van der Waals surface area (Å²) in [6.07, 6.45) is 4.49. The van der Waals surface area contributed by atoms with Crippen molar-refractivity contribution >= 4 is 0 Å². The van der Waals surface area contributed by atoms with Gasteiger partial charge in [-0.25, -0.2) is 5.84 Å². The molecule has 6 nitrogen and oxygen atoms in total. The topological polar surface area (TPSA) is 105 Å². The molecular formula is C8H21N5O. The highest BCUT2D eigenvalue weighted by Gasteiger charge is 2.23. The van der Waals surface area contributed by atoms with Crippen LogP contribution in [-0.2, 0) is 0 Å². The maximum Gasteiger partial charge on any atom is 0.0424 e. The number of hydrazine groups is 3. The van der Waals surface area contributed by atoms with Crippen LogP contribution in [0.25, 0.3) is 0 Å². The Hall–Kier alpha value is -0.240. The quantitative estimate of drug-likeness (QED) is 0.359. The summed E-state index contributed by atoms with van der Waals surface area (Å²) in [5.74, 6) is 17.0. The first-order valence-corrected chi connectivity index (χ1v) is 5.06. The molecule has 84 valence electrons. The fourth-order valence-electron chi connectivity index (χ4n) is 2.30. The van der Waals surface area contributed by atoms with Crippen molar-refractivity contribution in [1.29, 1.82) is 0 Å². The van der Waals surface area contributed by atoms with E-state index in [-0.39, 0.29) is 0 Å². The van der Waals surface area contributed by atoms with Gasteiger partial charge in [-0.15, -0.1) is 5.17 Å². The van der Waals surface area contributed by atoms with Crippen molar-refractivity contribution in [2.75, 3.05) is 13.1 Å². The van der Waals surface area contributed by atoms with Crippen molar-refractivity contribution in [3.05, 3.63) is 0 Å². The van der Waals surface area contributed by atoms with Crippen LogP contribution in [0.1, 0.15) is 25.7 Å². The fourth-order valence-corrected chi connectivity index (χ4v) is 2.30. The summed E-state index contributed by atoms with van der Waals surface area (Å²) in [6, 6.07) is 0. The molecular weight excluding hydrogens is 182 g/mol. The average molecular weight is 203 g/mol. The zero-order valence-electron chi connectivity index (χ0n) is 8.47. The third-order valence-electron chi connectivity index (χ3n) is 2.81. The molecule has 0 heterocycles. The minimum Gasteiger partial charge on any atom is -0.299 e. The molecule has 14 heavy (non-hydrogen) atoms. The van der Waals surface area contributed by atoms with Gasteiger partial charge < -0.3 is 0 Å². The second kappa shape index (κ2) is 5.59. The molecule has 0 aliphatic heterocycles. The molecule has 0 aromatic rings. The highest BCUT2D eigenvalue weighted by molar-refractivity contribution is 4.74. The number of hydrogen-bond donors (Lipinski definition) is 4. The first-order chi connectivity index (χ1) is 6.58. The lowest BCUT2D eigenvalue weighted by atomic mass is 9.81. The highest BCUT2D eigenvalue weighted by Crippen LogP contribution is 2.29. The largest absolute Gasteiger partial charge is 0.299 e. The molecule has 0 bridgehead atoms. The van der Waals surface area contributed by atoms with Crippen molar-refractivity contribution in [3.63, 3.8) is 0 Å². The molecule has 7 N–H and O–H groups in total. The number of nitrogens with two attached hydrogens (primary N) is 3. The van der Waals surface area contributed by atoms with Gasteiger partial charge in [-0.3, -0.25) is 16.9 Å². The van der Waals surface area contributed by atoms with Gasteiger partial charge in [0.1, 0.15) is 0 Å². The van der Waals surface area contributed by atoms with Crippen molar-refractivity contribution in [2.45, 2.75) is 25.7 Å². The van der Waals surface area contributed by atoms with Crippen LogP contribution in [0, 0.1) is 11.8 Å². The van der Waals surface area contributed by atoms with Crippen LogP contribution in [0.5, 0.6) is 0 Å². The minimum atomic E-state index is 0.462. The number of hydroxylamine groups is 1. The van der Waals surface area contributed by atoms with Gasteiger partial charge in [-0.1, -0.05) is 6.42 Å². The van der Waals surface area contributed by atoms with Crippen LogP contribution in [0.4, 0.5) is 0 Å². The maximum absolute atomic E-state index is 8.92. The summed E-state index contributed by atoms with van der Waals surface area (Å²) >= 11 is 0. The second-order valence-corrected chi connectivity index (χ2v) is 4.22. The second-order valence-electron chi connectivity index (χ2n) is 4.22. The van der Waals surface area contributed by atoms with Gasteiger partial charge in [0.25, 0.3) is 0 Å². The number of hydrogen-bond acceptors (Lipinski definition) is 6. The van der Waals surface area contributed by atoms with E-state index in [1.165, 1.54) is 5.12 Å². The monoisotopic (exact) mass is 203 g/mol. The Morgan fingerprint density at radius 2 is 1.64 bits per heavy atom. The molecule has 0 saturated heterocycles. The van der Waals surface area contributed by atoms with Crippen molar-refractivity contribution in [1.82, 2.24) is 10.3 Å². The van der Waals surface area contributed by atoms with E-state index in [0.29, 0.717) is 24.9 Å². The Morgan fingerprint density at radius 3 is 2.14 bits per heavy atom. The number of nitrogens with zero attached hydrogens (tertiary/aromatic N) is 2. The van der Waals surface area contributed by atoms with Crippen molar-refractivity contribution in [2.24, 2.45) is 29.4 Å². The highest BCUT2D eigenvalue weighted by atomic mass is 16.5. The third kappa shape index (κ3) is 4.32. The van der Waals surface area contributed by atoms with Crippen molar-refractivity contribution < 1.29 is 5.21 Å². The molecule has 0 spiro atoms. The minimum absolute atomic E-state index is 0.462. The Bertz CT molecular complexity index is 148. The molecule has 0 aromatic carbocycles. The smallest absolute Gasteiger partial charge is 0.0424 e. The lowest BCUT2D eigenvalue weighted by Gasteiger charge is -2.31. The van der Waals surface area contributed by atoms with Gasteiger partial charge in [0.05, 0.1) is 0 Å². The van der Waals surface area contributed by atoms with Crippen LogP contribution >= 0.6 is 0 Å². The van der Waals surface area contributed by atoms with Crippen LogP contribution in [0.3, 0.4) is 0 Å². The SMILES string of the molecule is NN(N)CC1CCCC(CN(N)O)C1. The summed E-state index contributed by atoms with van der Waals surface area (Å²) in [5, 5.41) is 10.9. The lowest BCUT2D eigenvalue weighted by Crippen LogP contribution is -2.43. The van der Waals surface area contributed by atoms with E-state index in [4.69, 9.17) is 22.7 Å². The molecule has 1 aliphatic carbocycles. The fraction of sp³-hybridized carbons (Fsp3) is 1.00. The lowest BCUT2D eigenvalue weighted by molar-refractivity contribution is -0.108. The molecule has 0 radical (unpaired) electrons. The Kier molecular flexibility index (Phi) is 4.73. The molecule has 1 aliphatic rings. The zero-order valence-corrected chi connectivity index (χ0v) is 8.47. The van der Waals surface area contributed by atoms with E-state index in [0.717, 1.165) is 30.9 Å². The maximum atomic E-state index is 8.92. The normalized spacial score (nSPS) is 28.7. The summed E-state index contributed by atoms with van der Waals surface area (Å²) < 4.78 is 0. The molecule has 1 fully saturated rings. The van der Waals surface area contributed by atoms with Crippen LogP contribution in [0.2, 0.25) is 0 Å². The Labute approximate surface area is 84.5 Å². The predicted molar refractivity (Wildman–Crippen MR) is 53.2 cm³/mol. The first-order valence-electron chi connectivity index (χ1n) is 5.06. The van der Waals surface area contributed by atoms with Gasteiger partial charge >= 0.3 is 0 Å². The van der Waals surface area contributed by atoms with E-state index < -0.39 is 0 Å². The molecule has 1 saturated carbocycles. The van der Waals surface area contributed by atoms with Crippen molar-refractivity contribution in [3.8, 4) is 0 Å². The van der Waals surface area contributed by atoms with E-state index in [9.17, 15) is 0 Å². The molecule has 0 amide bonds. The molecule has 2 unspecified atom stereocenters. The average Bonchev–Trinajstić information content (AvgIpc) is 2.01.